The van der Waals surface area contributed by atoms with Gasteiger partial charge in [0.2, 0.25) is 0 Å². The maximum atomic E-state index is 2.41. The van der Waals surface area contributed by atoms with Crippen molar-refractivity contribution in [2.45, 2.75) is 0 Å². The molecular weight excluding hydrogens is 757 g/mol. The average Bonchev–Trinajstić information content (AvgIpc) is 3.71. The lowest BCUT2D eigenvalue weighted by atomic mass is 10.0. The summed E-state index contributed by atoms with van der Waals surface area (Å²) in [5, 5.41) is 5.05. The first-order chi connectivity index (χ1) is 30.2. The minimum absolute atomic E-state index is 1.10. The van der Waals surface area contributed by atoms with Crippen molar-refractivity contribution in [3.63, 3.8) is 0 Å². The Morgan fingerprint density at radius 1 is 0.246 bits per heavy atom. The highest BCUT2D eigenvalue weighted by molar-refractivity contribution is 7.25. The van der Waals surface area contributed by atoms with Crippen LogP contribution in [0.3, 0.4) is 0 Å². The molecule has 11 aromatic rings. The zero-order valence-electron chi connectivity index (χ0n) is 33.4. The van der Waals surface area contributed by atoms with Gasteiger partial charge in [-0.1, -0.05) is 170 Å². The molecule has 0 aliphatic rings. The molecule has 0 unspecified atom stereocenters. The van der Waals surface area contributed by atoms with Crippen LogP contribution in [-0.4, -0.2) is 0 Å². The molecule has 1 aromatic heterocycles. The van der Waals surface area contributed by atoms with E-state index in [1.54, 1.807) is 0 Å². The number of rotatable bonds is 9. The molecule has 0 aliphatic carbocycles. The second-order valence-electron chi connectivity index (χ2n) is 15.4. The van der Waals surface area contributed by atoms with Crippen LogP contribution in [0.1, 0.15) is 0 Å². The van der Waals surface area contributed by atoms with Crippen molar-refractivity contribution in [3.05, 3.63) is 243 Å². The van der Waals surface area contributed by atoms with E-state index in [9.17, 15) is 0 Å². The fourth-order valence-electron chi connectivity index (χ4n) is 8.60. The normalized spacial score (nSPS) is 11.3. The molecule has 11 rings (SSSR count). The molecule has 1 heterocycles. The molecule has 0 saturated carbocycles. The van der Waals surface area contributed by atoms with Crippen molar-refractivity contribution in [2.75, 3.05) is 9.80 Å². The van der Waals surface area contributed by atoms with Gasteiger partial charge in [-0.3, -0.25) is 0 Å². The number of thiophene rings is 1. The van der Waals surface area contributed by atoms with Gasteiger partial charge in [-0.15, -0.1) is 11.3 Å². The molecule has 288 valence electrons. The molecule has 0 fully saturated rings. The number of hydrogen-bond acceptors (Lipinski definition) is 3. The van der Waals surface area contributed by atoms with Crippen molar-refractivity contribution in [1.82, 2.24) is 0 Å². The topological polar surface area (TPSA) is 6.48 Å². The summed E-state index contributed by atoms with van der Waals surface area (Å²) in [5.74, 6) is 0. The maximum Gasteiger partial charge on any atom is 0.0540 e. The van der Waals surface area contributed by atoms with Gasteiger partial charge in [0.1, 0.15) is 0 Å². The summed E-state index contributed by atoms with van der Waals surface area (Å²) in [6.45, 7) is 0. The second-order valence-corrected chi connectivity index (χ2v) is 16.5. The zero-order valence-corrected chi connectivity index (χ0v) is 34.2. The highest BCUT2D eigenvalue weighted by Gasteiger charge is 2.18. The standard InChI is InChI=1S/C58H40N2S/c1-3-12-41(13-4-1)43-22-30-48(31-23-43)59(49-32-24-44(25-33-49)42-14-5-2-6-15-42)50-34-26-45(27-35-50)46-28-36-51(37-29-46)60(56-20-11-17-47-16-7-8-18-53(47)56)52-38-39-55-54-19-9-10-21-57(54)61-58(55)40-52/h1-40H. The highest BCUT2D eigenvalue weighted by atomic mass is 32.1. The van der Waals surface area contributed by atoms with E-state index in [2.05, 4.69) is 252 Å². The highest BCUT2D eigenvalue weighted by Crippen LogP contribution is 2.44. The van der Waals surface area contributed by atoms with E-state index < -0.39 is 0 Å². The molecule has 61 heavy (non-hydrogen) atoms. The maximum absolute atomic E-state index is 2.41. The van der Waals surface area contributed by atoms with Crippen LogP contribution in [0.15, 0.2) is 243 Å². The SMILES string of the molecule is c1ccc(-c2ccc(N(c3ccc(-c4ccccc4)cc3)c3ccc(-c4ccc(N(c5ccc6c(c5)sc5ccccc56)c5cccc6ccccc56)cc4)cc3)cc2)cc1. The molecule has 2 nitrogen and oxygen atoms in total. The van der Waals surface area contributed by atoms with Crippen LogP contribution in [-0.2, 0) is 0 Å². The van der Waals surface area contributed by atoms with E-state index in [1.807, 2.05) is 11.3 Å². The first-order valence-corrected chi connectivity index (χ1v) is 21.6. The fourth-order valence-corrected chi connectivity index (χ4v) is 9.74. The van der Waals surface area contributed by atoms with Crippen molar-refractivity contribution in [2.24, 2.45) is 0 Å². The summed E-state index contributed by atoms with van der Waals surface area (Å²) in [4.78, 5) is 4.74. The van der Waals surface area contributed by atoms with Crippen LogP contribution in [0.2, 0.25) is 0 Å². The summed E-state index contributed by atoms with van der Waals surface area (Å²) in [5.41, 5.74) is 13.9. The molecule has 0 saturated heterocycles. The smallest absolute Gasteiger partial charge is 0.0540 e. The Morgan fingerprint density at radius 3 is 1.18 bits per heavy atom. The van der Waals surface area contributed by atoms with Crippen molar-refractivity contribution in [1.29, 1.82) is 0 Å². The van der Waals surface area contributed by atoms with Crippen LogP contribution in [0.25, 0.3) is 64.3 Å². The Balaban J connectivity index is 0.944. The molecule has 0 spiro atoms. The van der Waals surface area contributed by atoms with Crippen LogP contribution in [0, 0.1) is 0 Å². The van der Waals surface area contributed by atoms with Crippen molar-refractivity contribution >= 4 is 76.4 Å². The molecular formula is C58H40N2S. The summed E-state index contributed by atoms with van der Waals surface area (Å²) in [6, 6.07) is 87.7. The van der Waals surface area contributed by atoms with Crippen LogP contribution in [0.4, 0.5) is 34.1 Å². The van der Waals surface area contributed by atoms with Crippen LogP contribution < -0.4 is 9.80 Å². The van der Waals surface area contributed by atoms with Gasteiger partial charge in [0.25, 0.3) is 0 Å². The van der Waals surface area contributed by atoms with Gasteiger partial charge in [0.15, 0.2) is 0 Å². The van der Waals surface area contributed by atoms with Gasteiger partial charge < -0.3 is 9.80 Å². The lowest BCUT2D eigenvalue weighted by Crippen LogP contribution is -2.10. The predicted molar refractivity (Wildman–Crippen MR) is 263 cm³/mol. The summed E-state index contributed by atoms with van der Waals surface area (Å²) >= 11 is 1.86. The van der Waals surface area contributed by atoms with E-state index in [4.69, 9.17) is 0 Å². The van der Waals surface area contributed by atoms with Gasteiger partial charge in [0.05, 0.1) is 5.69 Å². The van der Waals surface area contributed by atoms with Gasteiger partial charge in [-0.2, -0.15) is 0 Å². The summed E-state index contributed by atoms with van der Waals surface area (Å²) in [7, 11) is 0. The van der Waals surface area contributed by atoms with Crippen molar-refractivity contribution < 1.29 is 0 Å². The van der Waals surface area contributed by atoms with E-state index in [0.29, 0.717) is 0 Å². The van der Waals surface area contributed by atoms with E-state index in [0.717, 1.165) is 39.7 Å². The second kappa shape index (κ2) is 15.8. The van der Waals surface area contributed by atoms with E-state index >= 15 is 0 Å². The van der Waals surface area contributed by atoms with E-state index in [-0.39, 0.29) is 0 Å². The van der Waals surface area contributed by atoms with Crippen LogP contribution in [0.5, 0.6) is 0 Å². The summed E-state index contributed by atoms with van der Waals surface area (Å²) < 4.78 is 2.60. The molecule has 0 N–H and O–H groups in total. The van der Waals surface area contributed by atoms with Crippen molar-refractivity contribution in [3.8, 4) is 33.4 Å². The molecule has 3 heteroatoms. The van der Waals surface area contributed by atoms with Gasteiger partial charge in [0, 0.05) is 54.0 Å². The average molecular weight is 797 g/mol. The third-order valence-corrected chi connectivity index (χ3v) is 12.8. The zero-order chi connectivity index (χ0) is 40.5. The third-order valence-electron chi connectivity index (χ3n) is 11.7. The molecule has 10 aromatic carbocycles. The first kappa shape index (κ1) is 36.4. The Hall–Kier alpha value is -7.72. The minimum atomic E-state index is 1.10. The molecule has 0 radical (unpaired) electrons. The largest absolute Gasteiger partial charge is 0.311 e. The lowest BCUT2D eigenvalue weighted by molar-refractivity contribution is 1.28. The quantitative estimate of drug-likeness (QED) is 0.144. The molecule has 0 amide bonds. The Morgan fingerprint density at radius 2 is 0.639 bits per heavy atom. The first-order valence-electron chi connectivity index (χ1n) is 20.7. The van der Waals surface area contributed by atoms with Gasteiger partial charge in [-0.25, -0.2) is 0 Å². The molecule has 0 atom stereocenters. The van der Waals surface area contributed by atoms with Gasteiger partial charge in [-0.05, 0) is 112 Å². The molecule has 0 bridgehead atoms. The van der Waals surface area contributed by atoms with Gasteiger partial charge >= 0.3 is 0 Å². The number of fused-ring (bicyclic) bond motifs is 4. The van der Waals surface area contributed by atoms with E-state index in [1.165, 1.54) is 58.8 Å². The Labute approximate surface area is 360 Å². The lowest BCUT2D eigenvalue weighted by Gasteiger charge is -2.27. The summed E-state index contributed by atoms with van der Waals surface area (Å²) in [6.07, 6.45) is 0. The number of hydrogen-bond donors (Lipinski definition) is 0. The minimum Gasteiger partial charge on any atom is -0.311 e. The number of nitrogens with zero attached hydrogens (tertiary/aromatic N) is 2. The third kappa shape index (κ3) is 7.01. The monoisotopic (exact) mass is 796 g/mol. The number of benzene rings is 10. The predicted octanol–water partition coefficient (Wildman–Crippen LogP) is 17.1. The van der Waals surface area contributed by atoms with Crippen LogP contribution >= 0.6 is 11.3 Å². The Bertz CT molecular complexity index is 3180. The fraction of sp³-hybridized carbons (Fsp3) is 0. The number of anilines is 6. The Kier molecular flexibility index (Phi) is 9.42. The molecule has 0 aliphatic heterocycles.